The van der Waals surface area contributed by atoms with Gasteiger partial charge in [-0.2, -0.15) is 4.31 Å². The van der Waals surface area contributed by atoms with Gasteiger partial charge in [-0.3, -0.25) is 0 Å². The van der Waals surface area contributed by atoms with Gasteiger partial charge in [0.15, 0.2) is 11.5 Å². The Kier molecular flexibility index (Phi) is 7.91. The number of nitrogens with zero attached hydrogens (tertiary/aromatic N) is 1. The van der Waals surface area contributed by atoms with E-state index in [0.29, 0.717) is 22.6 Å². The average molecular weight is 550 g/mol. The number of sulfonamides is 1. The first-order chi connectivity index (χ1) is 18.4. The molecule has 1 heterocycles. The summed E-state index contributed by atoms with van der Waals surface area (Å²) in [6.45, 7) is 8.15. The number of aliphatic carboxylic acids is 1. The first-order valence-electron chi connectivity index (χ1n) is 12.7. The van der Waals surface area contributed by atoms with E-state index in [4.69, 9.17) is 9.47 Å². The van der Waals surface area contributed by atoms with Gasteiger partial charge in [-0.15, -0.1) is 0 Å². The molecule has 0 saturated heterocycles. The predicted octanol–water partition coefficient (Wildman–Crippen LogP) is 6.20. The minimum Gasteiger partial charge on any atom is -0.493 e. The van der Waals surface area contributed by atoms with E-state index in [2.05, 4.69) is 20.8 Å². The van der Waals surface area contributed by atoms with Crippen LogP contribution in [0.2, 0.25) is 0 Å². The lowest BCUT2D eigenvalue weighted by molar-refractivity contribution is -0.133. The van der Waals surface area contributed by atoms with Crippen LogP contribution >= 0.6 is 0 Å². The van der Waals surface area contributed by atoms with Crippen molar-refractivity contribution < 1.29 is 27.8 Å². The van der Waals surface area contributed by atoms with Gasteiger partial charge >= 0.3 is 5.97 Å². The summed E-state index contributed by atoms with van der Waals surface area (Å²) < 4.78 is 41.0. The number of carbonyl (C=O) groups is 1. The number of hydrogen-bond acceptors (Lipinski definition) is 5. The zero-order valence-electron chi connectivity index (χ0n) is 23.1. The van der Waals surface area contributed by atoms with Crippen LogP contribution < -0.4 is 9.47 Å². The van der Waals surface area contributed by atoms with Gasteiger partial charge in [0.1, 0.15) is 0 Å². The topological polar surface area (TPSA) is 93.1 Å². The maximum absolute atomic E-state index is 14.4. The fourth-order valence-corrected chi connectivity index (χ4v) is 6.73. The van der Waals surface area contributed by atoms with Crippen molar-refractivity contribution in [3.63, 3.8) is 0 Å². The molecule has 0 aliphatic carbocycles. The molecule has 39 heavy (non-hydrogen) atoms. The van der Waals surface area contributed by atoms with Crippen LogP contribution in [0.5, 0.6) is 11.5 Å². The second kappa shape index (κ2) is 10.9. The molecule has 206 valence electrons. The van der Waals surface area contributed by atoms with E-state index in [1.54, 1.807) is 48.5 Å². The summed E-state index contributed by atoms with van der Waals surface area (Å²) in [5.74, 6) is -0.183. The highest BCUT2D eigenvalue weighted by Gasteiger charge is 2.44. The molecule has 1 N–H and O–H groups in total. The van der Waals surface area contributed by atoms with Gasteiger partial charge in [0, 0.05) is 0 Å². The summed E-state index contributed by atoms with van der Waals surface area (Å²) in [6.07, 6.45) is 1.81. The molecule has 3 aromatic rings. The molecule has 1 aliphatic heterocycles. The van der Waals surface area contributed by atoms with Gasteiger partial charge in [-0.05, 0) is 59.7 Å². The Morgan fingerprint density at radius 2 is 1.49 bits per heavy atom. The molecule has 2 atom stereocenters. The van der Waals surface area contributed by atoms with Crippen molar-refractivity contribution in [2.45, 2.75) is 56.5 Å². The van der Waals surface area contributed by atoms with Crippen molar-refractivity contribution in [3.05, 3.63) is 101 Å². The second-order valence-corrected chi connectivity index (χ2v) is 12.6. The SMILES string of the molecule is COc1ccc([C@@H]2CC=C(C(=O)O)[C@H](c3ccc(C(C)(C)C)cc3)N2S(=O)(=O)c2ccc(C)cc2)cc1OC. The lowest BCUT2D eigenvalue weighted by Gasteiger charge is -2.41. The molecule has 4 rings (SSSR count). The first kappa shape index (κ1) is 28.4. The van der Waals surface area contributed by atoms with Gasteiger partial charge in [-0.25, -0.2) is 13.2 Å². The largest absolute Gasteiger partial charge is 0.493 e. The third kappa shape index (κ3) is 5.58. The molecule has 1 aliphatic rings. The highest BCUT2D eigenvalue weighted by atomic mass is 32.2. The molecule has 0 fully saturated rings. The molecule has 8 heteroatoms. The van der Waals surface area contributed by atoms with Gasteiger partial charge in [0.05, 0.1) is 36.8 Å². The number of methoxy groups -OCH3 is 2. The monoisotopic (exact) mass is 549 g/mol. The van der Waals surface area contributed by atoms with E-state index >= 15 is 0 Å². The Morgan fingerprint density at radius 1 is 0.897 bits per heavy atom. The summed E-state index contributed by atoms with van der Waals surface area (Å²) in [6, 6.07) is 17.7. The minimum atomic E-state index is -4.16. The molecular formula is C31H35NO6S. The van der Waals surface area contributed by atoms with Crippen molar-refractivity contribution in [3.8, 4) is 11.5 Å². The number of carboxylic acid groups (broad SMARTS) is 1. The lowest BCUT2D eigenvalue weighted by Crippen LogP contribution is -2.42. The average Bonchev–Trinajstić information content (AvgIpc) is 2.91. The van der Waals surface area contributed by atoms with Crippen LogP contribution in [-0.4, -0.2) is 38.0 Å². The number of hydrogen-bond donors (Lipinski definition) is 1. The molecule has 0 spiro atoms. The molecule has 0 bridgehead atoms. The van der Waals surface area contributed by atoms with Crippen LogP contribution in [0.3, 0.4) is 0 Å². The van der Waals surface area contributed by atoms with Crippen LogP contribution in [-0.2, 0) is 20.2 Å². The highest BCUT2D eigenvalue weighted by Crippen LogP contribution is 2.47. The number of carboxylic acids is 1. The molecule has 0 saturated carbocycles. The molecule has 0 amide bonds. The van der Waals surface area contributed by atoms with Crippen molar-refractivity contribution in [2.75, 3.05) is 14.2 Å². The van der Waals surface area contributed by atoms with Crippen molar-refractivity contribution >= 4 is 16.0 Å². The molecule has 7 nitrogen and oxygen atoms in total. The zero-order chi connectivity index (χ0) is 28.5. The van der Waals surface area contributed by atoms with E-state index in [1.807, 2.05) is 31.2 Å². The maximum Gasteiger partial charge on any atom is 0.333 e. The van der Waals surface area contributed by atoms with Gasteiger partial charge in [0.25, 0.3) is 0 Å². The Bertz CT molecular complexity index is 1490. The van der Waals surface area contributed by atoms with Crippen LogP contribution in [0.15, 0.2) is 83.3 Å². The second-order valence-electron chi connectivity index (χ2n) is 10.8. The van der Waals surface area contributed by atoms with Crippen LogP contribution in [0.25, 0.3) is 0 Å². The summed E-state index contributed by atoms with van der Waals surface area (Å²) in [4.78, 5) is 12.6. The predicted molar refractivity (Wildman–Crippen MR) is 151 cm³/mol. The minimum absolute atomic E-state index is 0.0194. The van der Waals surface area contributed by atoms with Crippen molar-refractivity contribution in [1.82, 2.24) is 4.31 Å². The normalized spacial score (nSPS) is 18.4. The fraction of sp³-hybridized carbons (Fsp3) is 0.323. The van der Waals surface area contributed by atoms with Gasteiger partial charge < -0.3 is 14.6 Å². The van der Waals surface area contributed by atoms with Crippen LogP contribution in [0.1, 0.15) is 61.5 Å². The number of rotatable bonds is 7. The zero-order valence-corrected chi connectivity index (χ0v) is 24.0. The van der Waals surface area contributed by atoms with Crippen LogP contribution in [0, 0.1) is 6.92 Å². The Labute approximate surface area is 230 Å². The highest BCUT2D eigenvalue weighted by molar-refractivity contribution is 7.89. The Morgan fingerprint density at radius 3 is 2.03 bits per heavy atom. The summed E-state index contributed by atoms with van der Waals surface area (Å²) in [5.41, 5.74) is 3.13. The van der Waals surface area contributed by atoms with E-state index in [-0.39, 0.29) is 22.3 Å². The van der Waals surface area contributed by atoms with Crippen LogP contribution in [0.4, 0.5) is 0 Å². The van der Waals surface area contributed by atoms with Gasteiger partial charge in [-0.1, -0.05) is 74.9 Å². The molecular weight excluding hydrogens is 514 g/mol. The number of ether oxygens (including phenoxy) is 2. The molecule has 0 unspecified atom stereocenters. The summed E-state index contributed by atoms with van der Waals surface area (Å²) in [5, 5.41) is 10.2. The van der Waals surface area contributed by atoms with Crippen molar-refractivity contribution in [1.29, 1.82) is 0 Å². The quantitative estimate of drug-likeness (QED) is 0.377. The van der Waals surface area contributed by atoms with E-state index < -0.39 is 28.1 Å². The van der Waals surface area contributed by atoms with E-state index in [0.717, 1.165) is 11.1 Å². The number of benzene rings is 3. The lowest BCUT2D eigenvalue weighted by atomic mass is 9.84. The Balaban J connectivity index is 1.96. The first-order valence-corrected chi connectivity index (χ1v) is 14.2. The Hall–Kier alpha value is -3.62. The maximum atomic E-state index is 14.4. The van der Waals surface area contributed by atoms with E-state index in [9.17, 15) is 18.3 Å². The summed E-state index contributed by atoms with van der Waals surface area (Å²) >= 11 is 0. The van der Waals surface area contributed by atoms with Gasteiger partial charge in [0.2, 0.25) is 10.0 Å². The molecule has 3 aromatic carbocycles. The fourth-order valence-electron chi connectivity index (χ4n) is 4.95. The van der Waals surface area contributed by atoms with Crippen molar-refractivity contribution in [2.24, 2.45) is 0 Å². The third-order valence-corrected chi connectivity index (χ3v) is 9.03. The molecule has 0 aromatic heterocycles. The van der Waals surface area contributed by atoms with E-state index in [1.165, 1.54) is 18.5 Å². The summed E-state index contributed by atoms with van der Waals surface area (Å²) in [7, 11) is -1.10. The smallest absolute Gasteiger partial charge is 0.333 e. The third-order valence-electron chi connectivity index (χ3n) is 7.15. The number of aryl methyl sites for hydroxylation is 1. The molecule has 0 radical (unpaired) electrons. The standard InChI is InChI=1S/C31H35NO6S/c1-20-7-14-24(15-8-20)39(35,36)32-26(22-11-18-27(37-5)28(19-22)38-6)17-16-25(30(33)34)29(32)21-9-12-23(13-10-21)31(2,3)4/h7-16,18-19,26,29H,17H2,1-6H3,(H,33,34)/t26-,29-/m0/s1.